The molecule has 106 valence electrons. The largest absolute Gasteiger partial charge is 0.481 e. The molecule has 0 saturated heterocycles. The number of benzene rings is 1. The number of carboxylic acids is 1. The highest BCUT2D eigenvalue weighted by Crippen LogP contribution is 2.23. The van der Waals surface area contributed by atoms with E-state index in [0.29, 0.717) is 0 Å². The summed E-state index contributed by atoms with van der Waals surface area (Å²) in [6, 6.07) is 9.47. The molecule has 2 rings (SSSR count). The lowest BCUT2D eigenvalue weighted by atomic mass is 9.90. The maximum Gasteiger partial charge on any atom is 0.306 e. The number of aliphatic carboxylic acids is 1. The van der Waals surface area contributed by atoms with Crippen molar-refractivity contribution < 1.29 is 15.0 Å². The summed E-state index contributed by atoms with van der Waals surface area (Å²) in [7, 11) is 1.72. The number of nitrogens with one attached hydrogen (secondary N) is 1. The lowest BCUT2D eigenvalue weighted by Gasteiger charge is -2.16. The summed E-state index contributed by atoms with van der Waals surface area (Å²) in [6.07, 6.45) is 4.70. The summed E-state index contributed by atoms with van der Waals surface area (Å²) in [6.45, 7) is 0. The van der Waals surface area contributed by atoms with E-state index in [1.54, 1.807) is 7.05 Å². The van der Waals surface area contributed by atoms with Crippen molar-refractivity contribution in [1.29, 1.82) is 0 Å². The highest BCUT2D eigenvalue weighted by Gasteiger charge is 2.19. The first-order chi connectivity index (χ1) is 9.15. The minimum atomic E-state index is -0.602. The van der Waals surface area contributed by atoms with Crippen LogP contribution in [0.1, 0.15) is 43.9 Å². The number of carbonyl (C=O) groups is 1. The van der Waals surface area contributed by atoms with E-state index in [-0.39, 0.29) is 5.92 Å². The Hall–Kier alpha value is -1.39. The summed E-state index contributed by atoms with van der Waals surface area (Å²) in [5, 5.41) is 20.5. The predicted octanol–water partition coefficient (Wildman–Crippen LogP) is 2.55. The second kappa shape index (κ2) is 8.67. The van der Waals surface area contributed by atoms with Gasteiger partial charge in [0.25, 0.3) is 0 Å². The molecule has 0 aromatic heterocycles. The molecule has 4 heteroatoms. The van der Waals surface area contributed by atoms with Crippen LogP contribution in [-0.2, 0) is 4.79 Å². The van der Waals surface area contributed by atoms with Crippen LogP contribution in [0.25, 0.3) is 0 Å². The molecular formula is C15H23NO3. The number of aliphatic hydroxyl groups is 1. The molecule has 3 N–H and O–H groups in total. The van der Waals surface area contributed by atoms with E-state index in [1.807, 2.05) is 30.3 Å². The van der Waals surface area contributed by atoms with Crippen LogP contribution in [0.4, 0.5) is 0 Å². The fraction of sp³-hybridized carbons (Fsp3) is 0.533. The van der Waals surface area contributed by atoms with Gasteiger partial charge in [0, 0.05) is 0 Å². The predicted molar refractivity (Wildman–Crippen MR) is 74.7 cm³/mol. The third kappa shape index (κ3) is 5.85. The lowest BCUT2D eigenvalue weighted by Crippen LogP contribution is -2.16. The molecule has 4 nitrogen and oxygen atoms in total. The average molecular weight is 265 g/mol. The zero-order chi connectivity index (χ0) is 14.1. The minimum absolute atomic E-state index is 0.0289. The highest BCUT2D eigenvalue weighted by atomic mass is 16.4. The molecule has 1 fully saturated rings. The maximum atomic E-state index is 10.4. The molecule has 0 radical (unpaired) electrons. The van der Waals surface area contributed by atoms with Gasteiger partial charge in [-0.25, -0.2) is 0 Å². The molecule has 1 aromatic carbocycles. The van der Waals surface area contributed by atoms with Gasteiger partial charge in [-0.1, -0.05) is 49.6 Å². The highest BCUT2D eigenvalue weighted by molar-refractivity contribution is 5.69. The standard InChI is InChI=1S/C8H11NO.C7H12O2/c1-9-8(10)7-5-3-2-4-6-7;8-7(9)6-4-2-1-3-5-6/h2-6,8-10H,1H3;6H,1-5H2,(H,8,9). The smallest absolute Gasteiger partial charge is 0.306 e. The fourth-order valence-electron chi connectivity index (χ4n) is 2.15. The second-order valence-electron chi connectivity index (χ2n) is 4.78. The Morgan fingerprint density at radius 3 is 2.21 bits per heavy atom. The SMILES string of the molecule is CNC(O)c1ccccc1.O=C(O)C1CCCCC1. The molecular weight excluding hydrogens is 242 g/mol. The first-order valence-electron chi connectivity index (χ1n) is 6.78. The molecule has 0 amide bonds. The monoisotopic (exact) mass is 265 g/mol. The third-order valence-electron chi connectivity index (χ3n) is 3.34. The zero-order valence-electron chi connectivity index (χ0n) is 11.4. The molecule has 1 atom stereocenters. The Bertz CT molecular complexity index is 361. The van der Waals surface area contributed by atoms with Crippen LogP contribution in [0.2, 0.25) is 0 Å². The summed E-state index contributed by atoms with van der Waals surface area (Å²) in [4.78, 5) is 10.4. The number of hydrogen-bond acceptors (Lipinski definition) is 3. The second-order valence-corrected chi connectivity index (χ2v) is 4.78. The maximum absolute atomic E-state index is 10.4. The molecule has 1 aliphatic rings. The lowest BCUT2D eigenvalue weighted by molar-refractivity contribution is -0.142. The topological polar surface area (TPSA) is 69.6 Å². The van der Waals surface area contributed by atoms with E-state index >= 15 is 0 Å². The van der Waals surface area contributed by atoms with Crippen molar-refractivity contribution in [2.45, 2.75) is 38.3 Å². The molecule has 19 heavy (non-hydrogen) atoms. The van der Waals surface area contributed by atoms with Crippen molar-refractivity contribution in [1.82, 2.24) is 5.32 Å². The van der Waals surface area contributed by atoms with Crippen molar-refractivity contribution in [3.63, 3.8) is 0 Å². The molecule has 1 unspecified atom stereocenters. The number of rotatable bonds is 3. The van der Waals surface area contributed by atoms with Crippen LogP contribution in [0.3, 0.4) is 0 Å². The Balaban J connectivity index is 0.000000191. The van der Waals surface area contributed by atoms with Gasteiger partial charge in [0.05, 0.1) is 5.92 Å². The zero-order valence-corrected chi connectivity index (χ0v) is 11.4. The van der Waals surface area contributed by atoms with Crippen molar-refractivity contribution in [3.8, 4) is 0 Å². The summed E-state index contributed by atoms with van der Waals surface area (Å²) in [5.74, 6) is -0.631. The van der Waals surface area contributed by atoms with Gasteiger partial charge in [0.2, 0.25) is 0 Å². The Morgan fingerprint density at radius 1 is 1.21 bits per heavy atom. The molecule has 0 bridgehead atoms. The molecule has 1 aliphatic carbocycles. The van der Waals surface area contributed by atoms with Gasteiger partial charge in [-0.2, -0.15) is 0 Å². The van der Waals surface area contributed by atoms with Gasteiger partial charge in [-0.15, -0.1) is 0 Å². The van der Waals surface area contributed by atoms with Gasteiger partial charge in [-0.3, -0.25) is 10.1 Å². The molecule has 0 heterocycles. The van der Waals surface area contributed by atoms with Gasteiger partial charge >= 0.3 is 5.97 Å². The van der Waals surface area contributed by atoms with Crippen LogP contribution in [0, 0.1) is 5.92 Å². The molecule has 0 aliphatic heterocycles. The third-order valence-corrected chi connectivity index (χ3v) is 3.34. The van der Waals surface area contributed by atoms with Gasteiger partial charge < -0.3 is 10.2 Å². The first-order valence-corrected chi connectivity index (χ1v) is 6.78. The summed E-state index contributed by atoms with van der Waals surface area (Å²) >= 11 is 0. The van der Waals surface area contributed by atoms with Crippen molar-refractivity contribution in [2.24, 2.45) is 5.92 Å². The number of aliphatic hydroxyl groups excluding tert-OH is 1. The molecule has 1 saturated carbocycles. The normalized spacial score (nSPS) is 17.2. The van der Waals surface area contributed by atoms with Crippen LogP contribution < -0.4 is 5.32 Å². The minimum Gasteiger partial charge on any atom is -0.481 e. The fourth-order valence-corrected chi connectivity index (χ4v) is 2.15. The van der Waals surface area contributed by atoms with Crippen molar-refractivity contribution >= 4 is 5.97 Å². The van der Waals surface area contributed by atoms with Gasteiger partial charge in [0.1, 0.15) is 6.23 Å². The summed E-state index contributed by atoms with van der Waals surface area (Å²) < 4.78 is 0. The van der Waals surface area contributed by atoms with E-state index < -0.39 is 12.2 Å². The first kappa shape index (κ1) is 15.7. The Kier molecular flexibility index (Phi) is 7.15. The molecule has 0 spiro atoms. The van der Waals surface area contributed by atoms with E-state index in [9.17, 15) is 9.90 Å². The molecule has 1 aromatic rings. The summed E-state index contributed by atoms with van der Waals surface area (Å²) in [5.41, 5.74) is 0.894. The van der Waals surface area contributed by atoms with Crippen LogP contribution >= 0.6 is 0 Å². The van der Waals surface area contributed by atoms with Crippen molar-refractivity contribution in [3.05, 3.63) is 35.9 Å². The van der Waals surface area contributed by atoms with Gasteiger partial charge in [0.15, 0.2) is 0 Å². The van der Waals surface area contributed by atoms with E-state index in [2.05, 4.69) is 5.32 Å². The Labute approximate surface area is 114 Å². The van der Waals surface area contributed by atoms with Crippen LogP contribution in [0.15, 0.2) is 30.3 Å². The Morgan fingerprint density at radius 2 is 1.79 bits per heavy atom. The number of hydrogen-bond donors (Lipinski definition) is 3. The van der Waals surface area contributed by atoms with Crippen LogP contribution in [0.5, 0.6) is 0 Å². The van der Waals surface area contributed by atoms with Gasteiger partial charge in [-0.05, 0) is 25.5 Å². The van der Waals surface area contributed by atoms with E-state index in [0.717, 1.165) is 31.2 Å². The van der Waals surface area contributed by atoms with Crippen LogP contribution in [-0.4, -0.2) is 23.2 Å². The number of carboxylic acid groups (broad SMARTS) is 1. The van der Waals surface area contributed by atoms with E-state index in [4.69, 9.17) is 5.11 Å². The quantitative estimate of drug-likeness (QED) is 0.735. The average Bonchev–Trinajstić information content (AvgIpc) is 2.49. The van der Waals surface area contributed by atoms with Crippen molar-refractivity contribution in [2.75, 3.05) is 7.05 Å². The van der Waals surface area contributed by atoms with E-state index in [1.165, 1.54) is 6.42 Å².